The Kier molecular flexibility index (Phi) is 5.56. The number of aryl methyl sites for hydroxylation is 1. The number of hydrogen-bond donors (Lipinski definition) is 1. The van der Waals surface area contributed by atoms with Gasteiger partial charge in [-0.2, -0.15) is 5.26 Å². The summed E-state index contributed by atoms with van der Waals surface area (Å²) in [6.07, 6.45) is 0. The van der Waals surface area contributed by atoms with Crippen LogP contribution in [0.2, 0.25) is 0 Å². The second kappa shape index (κ2) is 7.62. The van der Waals surface area contributed by atoms with E-state index in [2.05, 4.69) is 5.32 Å². The summed E-state index contributed by atoms with van der Waals surface area (Å²) in [6.45, 7) is 2.02. The summed E-state index contributed by atoms with van der Waals surface area (Å²) in [7, 11) is 0. The third-order valence-corrected chi connectivity index (χ3v) is 4.04. The van der Waals surface area contributed by atoms with Crippen LogP contribution in [0.4, 0.5) is 4.39 Å². The Morgan fingerprint density at radius 1 is 1.32 bits per heavy atom. The lowest BCUT2D eigenvalue weighted by atomic mass is 10.1. The molecule has 0 fully saturated rings. The Hall–Kier alpha value is -2.32. The highest BCUT2D eigenvalue weighted by atomic mass is 32.2. The van der Waals surface area contributed by atoms with E-state index in [0.29, 0.717) is 23.4 Å². The van der Waals surface area contributed by atoms with Crippen molar-refractivity contribution in [2.45, 2.75) is 18.4 Å². The molecule has 2 aromatic rings. The zero-order chi connectivity index (χ0) is 15.9. The number of nitrogens with zero attached hydrogens (tertiary/aromatic N) is 1. The minimum absolute atomic E-state index is 0.206. The molecular weight excluding hydrogens is 299 g/mol. The van der Waals surface area contributed by atoms with Crippen LogP contribution in [0.1, 0.15) is 21.5 Å². The number of hydrogen-bond acceptors (Lipinski definition) is 3. The number of thioether (sulfide) groups is 1. The highest BCUT2D eigenvalue weighted by Gasteiger charge is 2.11. The minimum atomic E-state index is -0.256. The molecule has 3 nitrogen and oxygen atoms in total. The van der Waals surface area contributed by atoms with Gasteiger partial charge in [-0.1, -0.05) is 24.3 Å². The van der Waals surface area contributed by atoms with Gasteiger partial charge in [0.2, 0.25) is 0 Å². The van der Waals surface area contributed by atoms with Gasteiger partial charge in [-0.05, 0) is 36.2 Å². The molecule has 0 aliphatic carbocycles. The van der Waals surface area contributed by atoms with E-state index < -0.39 is 0 Å². The fourth-order valence-electron chi connectivity index (χ4n) is 1.98. The first kappa shape index (κ1) is 16.1. The molecule has 1 N–H and O–H groups in total. The van der Waals surface area contributed by atoms with Crippen molar-refractivity contribution in [1.82, 2.24) is 5.32 Å². The van der Waals surface area contributed by atoms with Gasteiger partial charge in [0.05, 0.1) is 17.4 Å². The van der Waals surface area contributed by atoms with Crippen molar-refractivity contribution in [3.8, 4) is 6.07 Å². The predicted octanol–water partition coefficient (Wildman–Crippen LogP) is 3.68. The Morgan fingerprint density at radius 3 is 2.82 bits per heavy atom. The summed E-state index contributed by atoms with van der Waals surface area (Å²) < 4.78 is 13.2. The average Bonchev–Trinajstić information content (AvgIpc) is 2.54. The number of nitrogens with one attached hydrogen (secondary N) is 1. The Labute approximate surface area is 133 Å². The SMILES string of the molecule is Cc1cc(CNC(=O)c2ccccc2SCC#N)ccc1F. The van der Waals surface area contributed by atoms with Gasteiger partial charge in [0.25, 0.3) is 5.91 Å². The molecule has 0 saturated carbocycles. The first-order valence-corrected chi connectivity index (χ1v) is 7.72. The molecule has 0 bridgehead atoms. The molecule has 1 amide bonds. The molecule has 0 spiro atoms. The average molecular weight is 314 g/mol. The van der Waals surface area contributed by atoms with Crippen molar-refractivity contribution < 1.29 is 9.18 Å². The minimum Gasteiger partial charge on any atom is -0.348 e. The van der Waals surface area contributed by atoms with E-state index in [-0.39, 0.29) is 11.7 Å². The summed E-state index contributed by atoms with van der Waals surface area (Å²) >= 11 is 1.33. The van der Waals surface area contributed by atoms with Crippen molar-refractivity contribution in [2.24, 2.45) is 0 Å². The van der Waals surface area contributed by atoms with E-state index in [1.54, 1.807) is 31.2 Å². The normalized spacial score (nSPS) is 10.0. The molecule has 0 atom stereocenters. The van der Waals surface area contributed by atoms with Gasteiger partial charge in [-0.25, -0.2) is 4.39 Å². The zero-order valence-electron chi connectivity index (χ0n) is 12.1. The standard InChI is InChI=1S/C17H15FN2OS/c1-12-10-13(6-7-15(12)18)11-20-17(21)14-4-2-3-5-16(14)22-9-8-19/h2-7,10H,9,11H2,1H3,(H,20,21). The van der Waals surface area contributed by atoms with Crippen LogP contribution in [0.15, 0.2) is 47.4 Å². The maximum absolute atomic E-state index is 13.2. The summed E-state index contributed by atoms with van der Waals surface area (Å²) in [5, 5.41) is 11.5. The Balaban J connectivity index is 2.06. The topological polar surface area (TPSA) is 52.9 Å². The highest BCUT2D eigenvalue weighted by molar-refractivity contribution is 7.99. The van der Waals surface area contributed by atoms with Crippen LogP contribution in [0, 0.1) is 24.1 Å². The van der Waals surface area contributed by atoms with Gasteiger partial charge in [-0.15, -0.1) is 11.8 Å². The summed E-state index contributed by atoms with van der Waals surface area (Å²) in [4.78, 5) is 13.0. The fourth-order valence-corrected chi connectivity index (χ4v) is 2.70. The Bertz CT molecular complexity index is 725. The molecule has 0 heterocycles. The molecule has 2 aromatic carbocycles. The summed E-state index contributed by atoms with van der Waals surface area (Å²) in [6, 6.07) is 14.0. The van der Waals surface area contributed by atoms with Gasteiger partial charge in [0.15, 0.2) is 0 Å². The number of rotatable bonds is 5. The van der Waals surface area contributed by atoms with Crippen LogP contribution in [-0.4, -0.2) is 11.7 Å². The third-order valence-electron chi connectivity index (χ3n) is 3.10. The zero-order valence-corrected chi connectivity index (χ0v) is 12.9. The van der Waals surface area contributed by atoms with E-state index in [1.165, 1.54) is 17.8 Å². The number of carbonyl (C=O) groups excluding carboxylic acids is 1. The lowest BCUT2D eigenvalue weighted by Gasteiger charge is -2.09. The second-order valence-electron chi connectivity index (χ2n) is 4.71. The number of halogens is 1. The van der Waals surface area contributed by atoms with Gasteiger partial charge >= 0.3 is 0 Å². The monoisotopic (exact) mass is 314 g/mol. The van der Waals surface area contributed by atoms with Crippen molar-refractivity contribution in [3.05, 3.63) is 65.0 Å². The molecule has 0 radical (unpaired) electrons. The van der Waals surface area contributed by atoms with Crippen LogP contribution in [0.3, 0.4) is 0 Å². The lowest BCUT2D eigenvalue weighted by molar-refractivity contribution is 0.0948. The quantitative estimate of drug-likeness (QED) is 0.857. The number of nitriles is 1. The van der Waals surface area contributed by atoms with E-state index in [0.717, 1.165) is 10.5 Å². The summed E-state index contributed by atoms with van der Waals surface area (Å²) in [5.41, 5.74) is 1.94. The first-order chi connectivity index (χ1) is 10.6. The van der Waals surface area contributed by atoms with Crippen LogP contribution in [0.5, 0.6) is 0 Å². The number of benzene rings is 2. The maximum Gasteiger partial charge on any atom is 0.252 e. The van der Waals surface area contributed by atoms with Gasteiger partial charge in [-0.3, -0.25) is 4.79 Å². The van der Waals surface area contributed by atoms with Gasteiger partial charge in [0.1, 0.15) is 5.82 Å². The molecule has 5 heteroatoms. The lowest BCUT2D eigenvalue weighted by Crippen LogP contribution is -2.23. The van der Waals surface area contributed by atoms with Crippen LogP contribution >= 0.6 is 11.8 Å². The van der Waals surface area contributed by atoms with Crippen LogP contribution in [-0.2, 0) is 6.54 Å². The molecule has 0 aliphatic rings. The van der Waals surface area contributed by atoms with E-state index in [4.69, 9.17) is 5.26 Å². The van der Waals surface area contributed by atoms with Crippen molar-refractivity contribution in [2.75, 3.05) is 5.75 Å². The second-order valence-corrected chi connectivity index (χ2v) is 5.73. The molecule has 0 aliphatic heterocycles. The maximum atomic E-state index is 13.2. The van der Waals surface area contributed by atoms with E-state index in [1.807, 2.05) is 18.2 Å². The number of amides is 1. The van der Waals surface area contributed by atoms with Crippen molar-refractivity contribution in [3.63, 3.8) is 0 Å². The molecule has 112 valence electrons. The van der Waals surface area contributed by atoms with Crippen molar-refractivity contribution >= 4 is 17.7 Å². The largest absolute Gasteiger partial charge is 0.348 e. The van der Waals surface area contributed by atoms with Crippen LogP contribution in [0.25, 0.3) is 0 Å². The fraction of sp³-hybridized carbons (Fsp3) is 0.176. The predicted molar refractivity (Wildman–Crippen MR) is 85.1 cm³/mol. The van der Waals surface area contributed by atoms with E-state index in [9.17, 15) is 9.18 Å². The first-order valence-electron chi connectivity index (χ1n) is 6.74. The van der Waals surface area contributed by atoms with Crippen molar-refractivity contribution in [1.29, 1.82) is 5.26 Å². The molecule has 0 unspecified atom stereocenters. The smallest absolute Gasteiger partial charge is 0.252 e. The third kappa shape index (κ3) is 4.09. The van der Waals surface area contributed by atoms with Gasteiger partial charge in [0, 0.05) is 11.4 Å². The van der Waals surface area contributed by atoms with E-state index >= 15 is 0 Å². The molecular formula is C17H15FN2OS. The molecule has 0 saturated heterocycles. The van der Waals surface area contributed by atoms with Gasteiger partial charge < -0.3 is 5.32 Å². The Morgan fingerprint density at radius 2 is 2.09 bits per heavy atom. The molecule has 22 heavy (non-hydrogen) atoms. The highest BCUT2D eigenvalue weighted by Crippen LogP contribution is 2.22. The number of carbonyl (C=O) groups is 1. The molecule has 0 aromatic heterocycles. The van der Waals surface area contributed by atoms with Crippen LogP contribution < -0.4 is 5.32 Å². The molecule has 2 rings (SSSR count). The summed E-state index contributed by atoms with van der Waals surface area (Å²) in [5.74, 6) is -0.169.